The average Bonchev–Trinajstić information content (AvgIpc) is 3.21. The minimum absolute atomic E-state index is 0.253. The van der Waals surface area contributed by atoms with Gasteiger partial charge in [-0.05, 0) is 42.5 Å². The maximum absolute atomic E-state index is 11.4. The van der Waals surface area contributed by atoms with E-state index in [0.29, 0.717) is 35.6 Å². The zero-order valence-corrected chi connectivity index (χ0v) is 19.0. The lowest BCUT2D eigenvalue weighted by Gasteiger charge is -2.14. The number of hydrogen-bond acceptors (Lipinski definition) is 8. The fourth-order valence-electron chi connectivity index (χ4n) is 3.23. The Morgan fingerprint density at radius 2 is 1.84 bits per heavy atom. The third-order valence-electron chi connectivity index (χ3n) is 4.69. The maximum atomic E-state index is 11.4. The largest absolute Gasteiger partial charge is 0.493 e. The van der Waals surface area contributed by atoms with E-state index >= 15 is 0 Å². The van der Waals surface area contributed by atoms with Gasteiger partial charge in [0.1, 0.15) is 0 Å². The molecule has 0 saturated heterocycles. The minimum atomic E-state index is -0.418. The highest BCUT2D eigenvalue weighted by Crippen LogP contribution is 2.37. The van der Waals surface area contributed by atoms with Gasteiger partial charge >= 0.3 is 5.97 Å². The number of benzene rings is 1. The Labute approximate surface area is 187 Å². The number of aromatic nitrogens is 4. The molecule has 2 heterocycles. The Hall–Kier alpha value is -3.62. The van der Waals surface area contributed by atoms with Gasteiger partial charge in [0.2, 0.25) is 11.6 Å². The molecule has 1 aromatic carbocycles. The van der Waals surface area contributed by atoms with Gasteiger partial charge in [-0.15, -0.1) is 10.2 Å². The maximum Gasteiger partial charge on any atom is 0.308 e. The zero-order valence-electron chi connectivity index (χ0n) is 19.0. The number of carbonyl (C=O) groups excluding carboxylic acids is 1. The molecule has 0 saturated carbocycles. The number of ether oxygens (including phenoxy) is 4. The van der Waals surface area contributed by atoms with Gasteiger partial charge in [-0.2, -0.15) is 5.10 Å². The summed E-state index contributed by atoms with van der Waals surface area (Å²) >= 11 is 0. The van der Waals surface area contributed by atoms with Crippen molar-refractivity contribution in [2.45, 2.75) is 39.5 Å². The molecule has 0 aliphatic carbocycles. The van der Waals surface area contributed by atoms with E-state index in [4.69, 9.17) is 24.0 Å². The van der Waals surface area contributed by atoms with E-state index in [2.05, 4.69) is 24.0 Å². The monoisotopic (exact) mass is 440 g/mol. The molecule has 0 unspecified atom stereocenters. The van der Waals surface area contributed by atoms with Crippen LogP contribution in [0.2, 0.25) is 0 Å². The van der Waals surface area contributed by atoms with Crippen LogP contribution in [-0.2, 0) is 11.2 Å². The number of esters is 1. The van der Waals surface area contributed by atoms with Crippen molar-refractivity contribution in [3.63, 3.8) is 0 Å². The zero-order chi connectivity index (χ0) is 23.1. The topological polar surface area (TPSA) is 97.6 Å². The summed E-state index contributed by atoms with van der Waals surface area (Å²) in [5.74, 6) is 2.17. The highest BCUT2D eigenvalue weighted by atomic mass is 16.6. The minimum Gasteiger partial charge on any atom is -0.493 e. The van der Waals surface area contributed by atoms with E-state index in [1.165, 1.54) is 6.92 Å². The first kappa shape index (κ1) is 23.1. The van der Waals surface area contributed by atoms with Gasteiger partial charge in [-0.25, -0.2) is 4.68 Å². The molecule has 0 amide bonds. The van der Waals surface area contributed by atoms with E-state index in [1.807, 2.05) is 12.3 Å². The Morgan fingerprint density at radius 1 is 1.06 bits per heavy atom. The predicted octanol–water partition coefficient (Wildman–Crippen LogP) is 3.74. The van der Waals surface area contributed by atoms with Crippen LogP contribution in [0.4, 0.5) is 0 Å². The molecule has 0 spiro atoms. The van der Waals surface area contributed by atoms with Crippen molar-refractivity contribution in [1.29, 1.82) is 0 Å². The molecule has 0 aliphatic rings. The summed E-state index contributed by atoms with van der Waals surface area (Å²) in [6.45, 7) is 5.97. The van der Waals surface area contributed by atoms with Crippen LogP contribution in [0.5, 0.6) is 23.1 Å². The van der Waals surface area contributed by atoms with E-state index in [9.17, 15) is 4.79 Å². The molecule has 9 nitrogen and oxygen atoms in total. The quantitative estimate of drug-likeness (QED) is 0.267. The lowest BCUT2D eigenvalue weighted by molar-refractivity contribution is -0.132. The van der Waals surface area contributed by atoms with Gasteiger partial charge in [0.15, 0.2) is 17.3 Å². The van der Waals surface area contributed by atoms with Gasteiger partial charge in [0, 0.05) is 19.2 Å². The van der Waals surface area contributed by atoms with Crippen molar-refractivity contribution in [1.82, 2.24) is 20.0 Å². The van der Waals surface area contributed by atoms with E-state index in [-0.39, 0.29) is 5.92 Å². The van der Waals surface area contributed by atoms with Crippen LogP contribution in [0.3, 0.4) is 0 Å². The van der Waals surface area contributed by atoms with Crippen molar-refractivity contribution in [3.8, 4) is 28.9 Å². The van der Waals surface area contributed by atoms with E-state index in [0.717, 1.165) is 24.1 Å². The molecule has 170 valence electrons. The summed E-state index contributed by atoms with van der Waals surface area (Å²) in [5, 5.41) is 12.9. The summed E-state index contributed by atoms with van der Waals surface area (Å²) in [5.41, 5.74) is 2.11. The summed E-state index contributed by atoms with van der Waals surface area (Å²) < 4.78 is 23.3. The fraction of sp³-hybridized carbons (Fsp3) is 0.391. The smallest absolute Gasteiger partial charge is 0.308 e. The van der Waals surface area contributed by atoms with Crippen LogP contribution < -0.4 is 18.9 Å². The van der Waals surface area contributed by atoms with Crippen molar-refractivity contribution >= 4 is 5.97 Å². The Balaban J connectivity index is 1.70. The lowest BCUT2D eigenvalue weighted by atomic mass is 10.0. The van der Waals surface area contributed by atoms with Gasteiger partial charge in [0.25, 0.3) is 0 Å². The molecular formula is C23H28N4O5. The molecule has 0 aliphatic heterocycles. The average molecular weight is 441 g/mol. The third kappa shape index (κ3) is 5.54. The van der Waals surface area contributed by atoms with Crippen LogP contribution in [0.15, 0.2) is 36.5 Å². The first-order chi connectivity index (χ1) is 15.4. The Bertz CT molecular complexity index is 1050. The van der Waals surface area contributed by atoms with Gasteiger partial charge in [0.05, 0.1) is 26.5 Å². The van der Waals surface area contributed by atoms with Crippen molar-refractivity contribution < 1.29 is 23.7 Å². The van der Waals surface area contributed by atoms with Crippen LogP contribution in [0.25, 0.3) is 5.82 Å². The molecule has 3 rings (SSSR count). The number of para-hydroxylation sites is 1. The predicted molar refractivity (Wildman–Crippen MR) is 118 cm³/mol. The van der Waals surface area contributed by atoms with Crippen molar-refractivity contribution in [2.24, 2.45) is 0 Å². The first-order valence-electron chi connectivity index (χ1n) is 10.4. The number of nitrogens with zero attached hydrogens (tertiary/aromatic N) is 4. The number of methoxy groups -OCH3 is 2. The van der Waals surface area contributed by atoms with Crippen LogP contribution >= 0.6 is 0 Å². The van der Waals surface area contributed by atoms with Crippen molar-refractivity contribution in [3.05, 3.63) is 47.8 Å². The standard InChI is InChI=1S/C23H28N4O5/c1-15(2)22-17(14-27(26-22)20-11-12-21(30-5)25-24-20)8-7-13-31-23-18(29-4)9-6-10-19(23)32-16(3)28/h6,9-12,14-15H,7-8,13H2,1-5H3. The number of carbonyl (C=O) groups is 1. The van der Waals surface area contributed by atoms with Crippen LogP contribution in [-0.4, -0.2) is 46.8 Å². The Morgan fingerprint density at radius 3 is 2.47 bits per heavy atom. The van der Waals surface area contributed by atoms with Gasteiger partial charge in [-0.3, -0.25) is 4.79 Å². The molecule has 9 heteroatoms. The summed E-state index contributed by atoms with van der Waals surface area (Å²) in [7, 11) is 3.10. The summed E-state index contributed by atoms with van der Waals surface area (Å²) in [6.07, 6.45) is 3.46. The molecule has 0 N–H and O–H groups in total. The van der Waals surface area contributed by atoms with Crippen LogP contribution in [0, 0.1) is 0 Å². The summed E-state index contributed by atoms with van der Waals surface area (Å²) in [4.78, 5) is 11.4. The third-order valence-corrected chi connectivity index (χ3v) is 4.69. The number of hydrogen-bond donors (Lipinski definition) is 0. The molecule has 0 fully saturated rings. The van der Waals surface area contributed by atoms with E-state index < -0.39 is 5.97 Å². The lowest BCUT2D eigenvalue weighted by Crippen LogP contribution is -2.07. The molecule has 0 bridgehead atoms. The van der Waals surface area contributed by atoms with Crippen LogP contribution in [0.1, 0.15) is 44.4 Å². The highest BCUT2D eigenvalue weighted by Gasteiger charge is 2.16. The molecule has 3 aromatic rings. The second-order valence-electron chi connectivity index (χ2n) is 7.41. The fourth-order valence-corrected chi connectivity index (χ4v) is 3.23. The summed E-state index contributed by atoms with van der Waals surface area (Å²) in [6, 6.07) is 8.75. The van der Waals surface area contributed by atoms with E-state index in [1.54, 1.807) is 43.2 Å². The van der Waals surface area contributed by atoms with Crippen molar-refractivity contribution in [2.75, 3.05) is 20.8 Å². The molecular weight excluding hydrogens is 412 g/mol. The molecule has 0 radical (unpaired) electrons. The first-order valence-corrected chi connectivity index (χ1v) is 10.4. The normalized spacial score (nSPS) is 10.8. The number of aryl methyl sites for hydroxylation is 1. The highest BCUT2D eigenvalue weighted by molar-refractivity contribution is 5.71. The second-order valence-corrected chi connectivity index (χ2v) is 7.41. The molecule has 32 heavy (non-hydrogen) atoms. The van der Waals surface area contributed by atoms with Gasteiger partial charge < -0.3 is 18.9 Å². The number of rotatable bonds is 10. The molecule has 2 aromatic heterocycles. The Kier molecular flexibility index (Phi) is 7.64. The van der Waals surface area contributed by atoms with Gasteiger partial charge in [-0.1, -0.05) is 19.9 Å². The SMILES string of the molecule is COc1ccc(-n2cc(CCCOc3c(OC)cccc3OC(C)=O)c(C(C)C)n2)nn1. The second kappa shape index (κ2) is 10.6. The molecule has 0 atom stereocenters.